The van der Waals surface area contributed by atoms with E-state index in [4.69, 9.17) is 9.52 Å². The quantitative estimate of drug-likeness (QED) is 0.852. The molecule has 0 spiro atoms. The van der Waals surface area contributed by atoms with Gasteiger partial charge in [0.15, 0.2) is 4.67 Å². The lowest BCUT2D eigenvalue weighted by Gasteiger charge is -2.08. The minimum Gasteiger partial charge on any atom is -0.480 e. The smallest absolute Gasteiger partial charge is 0.320 e. The summed E-state index contributed by atoms with van der Waals surface area (Å²) >= 11 is 3.21. The molecule has 0 saturated carbocycles. The molecule has 2 heterocycles. The summed E-state index contributed by atoms with van der Waals surface area (Å²) in [6.07, 6.45) is 1.45. The summed E-state index contributed by atoms with van der Waals surface area (Å²) in [7, 11) is 0. The Morgan fingerprint density at radius 2 is 2.36 bits per heavy atom. The van der Waals surface area contributed by atoms with Gasteiger partial charge in [-0.15, -0.1) is 0 Å². The number of carboxylic acids is 1. The van der Waals surface area contributed by atoms with E-state index in [1.165, 1.54) is 0 Å². The van der Waals surface area contributed by atoms with E-state index in [0.717, 1.165) is 12.2 Å². The van der Waals surface area contributed by atoms with Crippen molar-refractivity contribution in [3.63, 3.8) is 0 Å². The average Bonchev–Trinajstić information content (AvgIpc) is 2.70. The maximum Gasteiger partial charge on any atom is 0.320 e. The molecule has 0 aliphatic carbocycles. The fraction of sp³-hybridized carbons (Fsp3) is 0.444. The van der Waals surface area contributed by atoms with Gasteiger partial charge in [0.1, 0.15) is 11.8 Å². The number of carboxylic acid groups (broad SMARTS) is 1. The first-order valence-corrected chi connectivity index (χ1v) is 5.20. The molecule has 1 fully saturated rings. The Hall–Kier alpha value is -0.810. The molecule has 1 aromatic rings. The number of furan rings is 1. The van der Waals surface area contributed by atoms with Crippen LogP contribution in [0.1, 0.15) is 24.6 Å². The molecule has 1 aliphatic heterocycles. The highest BCUT2D eigenvalue weighted by Crippen LogP contribution is 2.29. The van der Waals surface area contributed by atoms with Gasteiger partial charge in [0.25, 0.3) is 0 Å². The number of halogens is 1. The normalized spacial score (nSPS) is 26.6. The van der Waals surface area contributed by atoms with E-state index in [2.05, 4.69) is 21.2 Å². The van der Waals surface area contributed by atoms with Gasteiger partial charge in [0, 0.05) is 0 Å². The average molecular weight is 260 g/mol. The largest absolute Gasteiger partial charge is 0.480 e. The van der Waals surface area contributed by atoms with Crippen molar-refractivity contribution >= 4 is 21.9 Å². The van der Waals surface area contributed by atoms with Crippen LogP contribution in [0.3, 0.4) is 0 Å². The molecule has 14 heavy (non-hydrogen) atoms. The second kappa shape index (κ2) is 3.74. The van der Waals surface area contributed by atoms with E-state index >= 15 is 0 Å². The molecule has 4 nitrogen and oxygen atoms in total. The summed E-state index contributed by atoms with van der Waals surface area (Å²) in [6, 6.07) is 3.25. The summed E-state index contributed by atoms with van der Waals surface area (Å²) in [6.45, 7) is 0. The second-order valence-electron chi connectivity index (χ2n) is 3.33. The SMILES string of the molecule is O=C(O)C1CCC(c2ccc(Br)o2)N1. The van der Waals surface area contributed by atoms with Crippen molar-refractivity contribution in [3.8, 4) is 0 Å². The third kappa shape index (κ3) is 1.83. The second-order valence-corrected chi connectivity index (χ2v) is 4.11. The van der Waals surface area contributed by atoms with Gasteiger partial charge >= 0.3 is 5.97 Å². The zero-order chi connectivity index (χ0) is 10.1. The number of aliphatic carboxylic acids is 1. The van der Waals surface area contributed by atoms with Gasteiger partial charge in [0.05, 0.1) is 6.04 Å². The molecule has 76 valence electrons. The maximum atomic E-state index is 10.7. The van der Waals surface area contributed by atoms with E-state index in [1.54, 1.807) is 0 Å². The van der Waals surface area contributed by atoms with Crippen LogP contribution < -0.4 is 5.32 Å². The first-order valence-electron chi connectivity index (χ1n) is 4.41. The first kappa shape index (κ1) is 9.73. The van der Waals surface area contributed by atoms with Crippen molar-refractivity contribution in [2.24, 2.45) is 0 Å². The summed E-state index contributed by atoms with van der Waals surface area (Å²) < 4.78 is 6.03. The van der Waals surface area contributed by atoms with E-state index in [0.29, 0.717) is 11.1 Å². The molecule has 1 aliphatic rings. The minimum atomic E-state index is -0.793. The molecule has 2 atom stereocenters. The number of hydrogen-bond donors (Lipinski definition) is 2. The molecule has 0 radical (unpaired) electrons. The zero-order valence-corrected chi connectivity index (χ0v) is 8.95. The molecule has 2 unspecified atom stereocenters. The van der Waals surface area contributed by atoms with Crippen molar-refractivity contribution < 1.29 is 14.3 Å². The lowest BCUT2D eigenvalue weighted by molar-refractivity contribution is -0.139. The summed E-state index contributed by atoms with van der Waals surface area (Å²) in [5.41, 5.74) is 0. The van der Waals surface area contributed by atoms with Gasteiger partial charge in [0.2, 0.25) is 0 Å². The Balaban J connectivity index is 2.05. The lowest BCUT2D eigenvalue weighted by atomic mass is 10.1. The predicted molar refractivity (Wildman–Crippen MR) is 52.9 cm³/mol. The highest BCUT2D eigenvalue weighted by Gasteiger charge is 2.31. The first-order chi connectivity index (χ1) is 6.66. The standard InChI is InChI=1S/C9H10BrNO3/c10-8-4-3-7(14-8)5-1-2-6(11-5)9(12)13/h3-6,11H,1-2H2,(H,12,13). The lowest BCUT2D eigenvalue weighted by Crippen LogP contribution is -2.31. The molecule has 2 rings (SSSR count). The third-order valence-corrected chi connectivity index (χ3v) is 2.81. The maximum absolute atomic E-state index is 10.7. The third-order valence-electron chi connectivity index (χ3n) is 2.38. The van der Waals surface area contributed by atoms with Crippen LogP contribution in [-0.4, -0.2) is 17.1 Å². The zero-order valence-electron chi connectivity index (χ0n) is 7.37. The Morgan fingerprint density at radius 1 is 1.57 bits per heavy atom. The molecule has 5 heteroatoms. The fourth-order valence-corrected chi connectivity index (χ4v) is 2.00. The van der Waals surface area contributed by atoms with Gasteiger partial charge in [-0.3, -0.25) is 10.1 Å². The van der Waals surface area contributed by atoms with Gasteiger partial charge in [-0.05, 0) is 40.9 Å². The Morgan fingerprint density at radius 3 is 2.86 bits per heavy atom. The van der Waals surface area contributed by atoms with Crippen molar-refractivity contribution in [2.75, 3.05) is 0 Å². The number of hydrogen-bond acceptors (Lipinski definition) is 3. The van der Waals surface area contributed by atoms with Crippen LogP contribution in [0.2, 0.25) is 0 Å². The molecule has 2 N–H and O–H groups in total. The van der Waals surface area contributed by atoms with Crippen molar-refractivity contribution in [1.82, 2.24) is 5.32 Å². The van der Waals surface area contributed by atoms with Gasteiger partial charge in [-0.25, -0.2) is 0 Å². The molecular weight excluding hydrogens is 250 g/mol. The monoisotopic (exact) mass is 259 g/mol. The molecule has 0 aromatic carbocycles. The highest BCUT2D eigenvalue weighted by atomic mass is 79.9. The van der Waals surface area contributed by atoms with Gasteiger partial charge in [-0.2, -0.15) is 0 Å². The van der Waals surface area contributed by atoms with Crippen LogP contribution in [0.4, 0.5) is 0 Å². The Bertz CT molecular complexity index is 350. The summed E-state index contributed by atoms with van der Waals surface area (Å²) in [4.78, 5) is 10.7. The number of nitrogens with one attached hydrogen (secondary N) is 1. The van der Waals surface area contributed by atoms with Crippen LogP contribution in [0.5, 0.6) is 0 Å². The predicted octanol–water partition coefficient (Wildman–Crippen LogP) is 1.92. The van der Waals surface area contributed by atoms with Crippen LogP contribution in [-0.2, 0) is 4.79 Å². The Kier molecular flexibility index (Phi) is 2.60. The van der Waals surface area contributed by atoms with E-state index in [-0.39, 0.29) is 6.04 Å². The van der Waals surface area contributed by atoms with E-state index < -0.39 is 12.0 Å². The van der Waals surface area contributed by atoms with E-state index in [9.17, 15) is 4.79 Å². The molecule has 1 aromatic heterocycles. The number of carbonyl (C=O) groups is 1. The van der Waals surface area contributed by atoms with E-state index in [1.807, 2.05) is 12.1 Å². The molecule has 1 saturated heterocycles. The summed E-state index contributed by atoms with van der Waals surface area (Å²) in [5, 5.41) is 11.8. The molecule has 0 bridgehead atoms. The van der Waals surface area contributed by atoms with Crippen LogP contribution in [0.15, 0.2) is 21.2 Å². The van der Waals surface area contributed by atoms with Gasteiger partial charge < -0.3 is 9.52 Å². The van der Waals surface area contributed by atoms with Crippen LogP contribution in [0, 0.1) is 0 Å². The van der Waals surface area contributed by atoms with Crippen molar-refractivity contribution in [1.29, 1.82) is 0 Å². The molecular formula is C9H10BrNO3. The minimum absolute atomic E-state index is 0.0300. The molecule has 0 amide bonds. The van der Waals surface area contributed by atoms with Crippen LogP contribution in [0.25, 0.3) is 0 Å². The topological polar surface area (TPSA) is 62.5 Å². The summed E-state index contributed by atoms with van der Waals surface area (Å²) in [5.74, 6) is -0.00116. The van der Waals surface area contributed by atoms with Gasteiger partial charge in [-0.1, -0.05) is 0 Å². The Labute approximate surface area is 89.4 Å². The van der Waals surface area contributed by atoms with Crippen molar-refractivity contribution in [2.45, 2.75) is 24.9 Å². The van der Waals surface area contributed by atoms with Crippen molar-refractivity contribution in [3.05, 3.63) is 22.6 Å². The number of rotatable bonds is 2. The fourth-order valence-electron chi connectivity index (χ4n) is 1.68. The van der Waals surface area contributed by atoms with Crippen LogP contribution >= 0.6 is 15.9 Å². The highest BCUT2D eigenvalue weighted by molar-refractivity contribution is 9.10.